The standard InChI is InChI=1S/C12H21N3O2S.HI/c1-3-13-12(14-6-8-18-2)15-9-10(16)11-5-4-7-17-11;/h4-5,7,10,16H,3,6,8-9H2,1-2H3,(H2,13,14,15);1H. The summed E-state index contributed by atoms with van der Waals surface area (Å²) in [5.74, 6) is 2.28. The second-order valence-corrected chi connectivity index (χ2v) is 4.66. The lowest BCUT2D eigenvalue weighted by atomic mass is 10.3. The number of nitrogens with zero attached hydrogens (tertiary/aromatic N) is 1. The zero-order valence-electron chi connectivity index (χ0n) is 11.3. The van der Waals surface area contributed by atoms with Crippen molar-refractivity contribution in [3.05, 3.63) is 24.2 Å². The summed E-state index contributed by atoms with van der Waals surface area (Å²) in [5, 5.41) is 16.2. The van der Waals surface area contributed by atoms with Crippen LogP contribution in [0.2, 0.25) is 0 Å². The van der Waals surface area contributed by atoms with Crippen molar-refractivity contribution in [3.8, 4) is 0 Å². The summed E-state index contributed by atoms with van der Waals surface area (Å²) in [7, 11) is 0. The van der Waals surface area contributed by atoms with Crippen LogP contribution in [0.4, 0.5) is 0 Å². The van der Waals surface area contributed by atoms with Gasteiger partial charge in [0.2, 0.25) is 0 Å². The van der Waals surface area contributed by atoms with E-state index in [1.54, 1.807) is 30.2 Å². The van der Waals surface area contributed by atoms with Crippen LogP contribution in [-0.4, -0.2) is 42.7 Å². The van der Waals surface area contributed by atoms with Crippen LogP contribution in [0.15, 0.2) is 27.8 Å². The number of hydrogen-bond donors (Lipinski definition) is 3. The largest absolute Gasteiger partial charge is 0.467 e. The van der Waals surface area contributed by atoms with E-state index in [0.717, 1.165) is 24.8 Å². The molecule has 0 spiro atoms. The fraction of sp³-hybridized carbons (Fsp3) is 0.583. The molecule has 0 amide bonds. The Morgan fingerprint density at radius 3 is 2.89 bits per heavy atom. The van der Waals surface area contributed by atoms with E-state index in [4.69, 9.17) is 4.42 Å². The molecule has 0 aliphatic carbocycles. The van der Waals surface area contributed by atoms with E-state index in [1.807, 2.05) is 6.92 Å². The molecule has 0 saturated carbocycles. The van der Waals surface area contributed by atoms with Crippen molar-refractivity contribution in [2.45, 2.75) is 13.0 Å². The molecular formula is C12H22IN3O2S. The Kier molecular flexibility index (Phi) is 11.2. The lowest BCUT2D eigenvalue weighted by Crippen LogP contribution is -2.38. The second-order valence-electron chi connectivity index (χ2n) is 3.67. The maximum Gasteiger partial charge on any atom is 0.191 e. The van der Waals surface area contributed by atoms with Gasteiger partial charge in [-0.2, -0.15) is 11.8 Å². The van der Waals surface area contributed by atoms with E-state index in [-0.39, 0.29) is 30.5 Å². The maximum atomic E-state index is 9.84. The van der Waals surface area contributed by atoms with Crippen molar-refractivity contribution in [3.63, 3.8) is 0 Å². The Hall–Kier alpha value is -0.410. The summed E-state index contributed by atoms with van der Waals surface area (Å²) >= 11 is 1.77. The van der Waals surface area contributed by atoms with Gasteiger partial charge in [0.15, 0.2) is 5.96 Å². The Bertz CT molecular complexity index is 347. The van der Waals surface area contributed by atoms with Crippen LogP contribution >= 0.6 is 35.7 Å². The van der Waals surface area contributed by atoms with Gasteiger partial charge in [-0.05, 0) is 25.3 Å². The monoisotopic (exact) mass is 399 g/mol. The van der Waals surface area contributed by atoms with Crippen LogP contribution in [0.5, 0.6) is 0 Å². The van der Waals surface area contributed by atoms with Crippen LogP contribution in [0.1, 0.15) is 18.8 Å². The number of aliphatic hydroxyl groups is 1. The molecule has 0 fully saturated rings. The fourth-order valence-electron chi connectivity index (χ4n) is 1.36. The topological polar surface area (TPSA) is 69.8 Å². The van der Waals surface area contributed by atoms with Gasteiger partial charge in [-0.3, -0.25) is 4.99 Å². The highest BCUT2D eigenvalue weighted by Crippen LogP contribution is 2.12. The van der Waals surface area contributed by atoms with E-state index in [0.29, 0.717) is 5.76 Å². The number of hydrogen-bond acceptors (Lipinski definition) is 4. The molecule has 0 radical (unpaired) electrons. The molecule has 0 bridgehead atoms. The van der Waals surface area contributed by atoms with Gasteiger partial charge in [-0.25, -0.2) is 0 Å². The normalized spacial score (nSPS) is 12.7. The first-order valence-corrected chi connectivity index (χ1v) is 7.40. The highest BCUT2D eigenvalue weighted by molar-refractivity contribution is 14.0. The third-order valence-electron chi connectivity index (χ3n) is 2.24. The fourth-order valence-corrected chi connectivity index (χ4v) is 1.67. The van der Waals surface area contributed by atoms with E-state index < -0.39 is 6.10 Å². The van der Waals surface area contributed by atoms with Crippen LogP contribution in [0.3, 0.4) is 0 Å². The lowest BCUT2D eigenvalue weighted by Gasteiger charge is -2.11. The summed E-state index contributed by atoms with van der Waals surface area (Å²) in [4.78, 5) is 4.32. The number of halogens is 1. The molecular weight excluding hydrogens is 377 g/mol. The maximum absolute atomic E-state index is 9.84. The predicted molar refractivity (Wildman–Crippen MR) is 91.4 cm³/mol. The van der Waals surface area contributed by atoms with Gasteiger partial charge in [-0.15, -0.1) is 24.0 Å². The average Bonchev–Trinajstić information content (AvgIpc) is 2.89. The van der Waals surface area contributed by atoms with Crippen LogP contribution in [0.25, 0.3) is 0 Å². The number of aliphatic hydroxyl groups excluding tert-OH is 1. The minimum atomic E-state index is -0.698. The Morgan fingerprint density at radius 2 is 2.32 bits per heavy atom. The molecule has 1 rings (SSSR count). The number of aliphatic imine (C=N–C) groups is 1. The molecule has 1 aromatic rings. The molecule has 0 aliphatic rings. The summed E-state index contributed by atoms with van der Waals surface area (Å²) in [6.45, 7) is 3.93. The number of rotatable bonds is 7. The highest BCUT2D eigenvalue weighted by Gasteiger charge is 2.09. The summed E-state index contributed by atoms with van der Waals surface area (Å²) in [6.07, 6.45) is 2.91. The number of guanidine groups is 1. The molecule has 0 saturated heterocycles. The number of thioether (sulfide) groups is 1. The summed E-state index contributed by atoms with van der Waals surface area (Å²) in [5.41, 5.74) is 0. The zero-order valence-corrected chi connectivity index (χ0v) is 14.4. The van der Waals surface area contributed by atoms with E-state index in [9.17, 15) is 5.11 Å². The minimum absolute atomic E-state index is 0. The van der Waals surface area contributed by atoms with Gasteiger partial charge in [0.25, 0.3) is 0 Å². The lowest BCUT2D eigenvalue weighted by molar-refractivity contribution is 0.158. The third-order valence-corrected chi connectivity index (χ3v) is 2.85. The first-order valence-electron chi connectivity index (χ1n) is 6.00. The van der Waals surface area contributed by atoms with Gasteiger partial charge in [0, 0.05) is 18.8 Å². The molecule has 5 nitrogen and oxygen atoms in total. The number of nitrogens with one attached hydrogen (secondary N) is 2. The smallest absolute Gasteiger partial charge is 0.191 e. The van der Waals surface area contributed by atoms with Crippen molar-refractivity contribution in [2.24, 2.45) is 4.99 Å². The van der Waals surface area contributed by atoms with Crippen LogP contribution in [0, 0.1) is 0 Å². The van der Waals surface area contributed by atoms with Crippen molar-refractivity contribution < 1.29 is 9.52 Å². The Morgan fingerprint density at radius 1 is 1.53 bits per heavy atom. The van der Waals surface area contributed by atoms with Gasteiger partial charge in [0.1, 0.15) is 11.9 Å². The van der Waals surface area contributed by atoms with E-state index in [1.165, 1.54) is 0 Å². The molecule has 0 aliphatic heterocycles. The van der Waals surface area contributed by atoms with E-state index >= 15 is 0 Å². The first-order chi connectivity index (χ1) is 8.77. The van der Waals surface area contributed by atoms with Crippen molar-refractivity contribution in [1.29, 1.82) is 0 Å². The highest BCUT2D eigenvalue weighted by atomic mass is 127. The van der Waals surface area contributed by atoms with Crippen molar-refractivity contribution in [2.75, 3.05) is 31.6 Å². The molecule has 1 heterocycles. The van der Waals surface area contributed by atoms with Crippen LogP contribution < -0.4 is 10.6 Å². The molecule has 1 unspecified atom stereocenters. The first kappa shape index (κ1) is 18.6. The molecule has 0 aromatic carbocycles. The van der Waals surface area contributed by atoms with E-state index in [2.05, 4.69) is 21.9 Å². The molecule has 1 aromatic heterocycles. The van der Waals surface area contributed by atoms with Crippen molar-refractivity contribution in [1.82, 2.24) is 10.6 Å². The van der Waals surface area contributed by atoms with Gasteiger partial charge >= 0.3 is 0 Å². The third kappa shape index (κ3) is 7.68. The molecule has 110 valence electrons. The summed E-state index contributed by atoms with van der Waals surface area (Å²) in [6, 6.07) is 3.50. The average molecular weight is 399 g/mol. The molecule has 19 heavy (non-hydrogen) atoms. The zero-order chi connectivity index (χ0) is 13.2. The second kappa shape index (κ2) is 11.4. The quantitative estimate of drug-likeness (QED) is 0.283. The summed E-state index contributed by atoms with van der Waals surface area (Å²) < 4.78 is 5.12. The molecule has 7 heteroatoms. The minimum Gasteiger partial charge on any atom is -0.467 e. The SMILES string of the molecule is CCNC(=NCC(O)c1ccco1)NCCSC.I. The van der Waals surface area contributed by atoms with Gasteiger partial charge < -0.3 is 20.2 Å². The molecule has 1 atom stereocenters. The Balaban J connectivity index is 0.00000324. The van der Waals surface area contributed by atoms with Crippen molar-refractivity contribution >= 4 is 41.7 Å². The predicted octanol–water partition coefficient (Wildman–Crippen LogP) is 1.85. The number of furan rings is 1. The van der Waals surface area contributed by atoms with Gasteiger partial charge in [0.05, 0.1) is 12.8 Å². The van der Waals surface area contributed by atoms with Gasteiger partial charge in [-0.1, -0.05) is 0 Å². The van der Waals surface area contributed by atoms with Crippen LogP contribution in [-0.2, 0) is 0 Å². The Labute approximate surface area is 135 Å². The molecule has 3 N–H and O–H groups in total.